The average molecular weight is 256 g/mol. The highest BCUT2D eigenvalue weighted by Gasteiger charge is 2.32. The van der Waals surface area contributed by atoms with Crippen molar-refractivity contribution in [1.29, 1.82) is 0 Å². The maximum Gasteiger partial charge on any atom is 0.223 e. The molecule has 2 bridgehead atoms. The third-order valence-electron chi connectivity index (χ3n) is 4.10. The summed E-state index contributed by atoms with van der Waals surface area (Å²) in [5, 5.41) is 0. The van der Waals surface area contributed by atoms with Gasteiger partial charge in [-0.2, -0.15) is 11.8 Å². The molecule has 2 heterocycles. The fraction of sp³-hybridized carbons (Fsp3) is 0.923. The summed E-state index contributed by atoms with van der Waals surface area (Å²) in [6, 6.07) is 0.598. The Hall–Kier alpha value is -0.220. The zero-order valence-electron chi connectivity index (χ0n) is 11.0. The van der Waals surface area contributed by atoms with Crippen LogP contribution in [0.15, 0.2) is 0 Å². The van der Waals surface area contributed by atoms with Gasteiger partial charge in [0.25, 0.3) is 0 Å². The van der Waals surface area contributed by atoms with Gasteiger partial charge in [-0.05, 0) is 32.1 Å². The Bertz CT molecular complexity index is 272. The van der Waals surface area contributed by atoms with E-state index in [0.29, 0.717) is 24.3 Å². The molecular formula is C13H24N2OS. The Kier molecular flexibility index (Phi) is 4.74. The largest absolute Gasteiger partial charge is 0.341 e. The minimum absolute atomic E-state index is 0.367. The number of hydrogen-bond acceptors (Lipinski definition) is 3. The summed E-state index contributed by atoms with van der Waals surface area (Å²) in [7, 11) is 2.22. The average Bonchev–Trinajstić information content (AvgIpc) is 2.54. The normalized spacial score (nSPS) is 30.1. The van der Waals surface area contributed by atoms with Crippen molar-refractivity contribution in [2.24, 2.45) is 5.92 Å². The summed E-state index contributed by atoms with van der Waals surface area (Å²) in [6.07, 6.45) is 6.68. The van der Waals surface area contributed by atoms with Crippen LogP contribution in [0.3, 0.4) is 0 Å². The zero-order valence-corrected chi connectivity index (χ0v) is 11.8. The number of fused-ring (bicyclic) bond motifs is 3. The molecule has 0 radical (unpaired) electrons. The lowest BCUT2D eigenvalue weighted by Crippen LogP contribution is -2.42. The third kappa shape index (κ3) is 3.38. The van der Waals surface area contributed by atoms with E-state index >= 15 is 0 Å². The molecule has 0 N–H and O–H groups in total. The van der Waals surface area contributed by atoms with Crippen LogP contribution < -0.4 is 0 Å². The van der Waals surface area contributed by atoms with E-state index in [-0.39, 0.29) is 0 Å². The molecule has 2 fully saturated rings. The number of rotatable bonds is 3. The summed E-state index contributed by atoms with van der Waals surface area (Å²) in [4.78, 5) is 16.7. The number of likely N-dealkylation sites (N-methyl/N-ethyl adjacent to an activating group) is 1. The first kappa shape index (κ1) is 13.2. The fourth-order valence-electron chi connectivity index (χ4n) is 3.08. The van der Waals surface area contributed by atoms with Gasteiger partial charge in [0, 0.05) is 37.8 Å². The summed E-state index contributed by atoms with van der Waals surface area (Å²) >= 11 is 1.76. The molecule has 0 unspecified atom stereocenters. The first-order valence-corrected chi connectivity index (χ1v) is 8.07. The van der Waals surface area contributed by atoms with Gasteiger partial charge in [0.1, 0.15) is 0 Å². The van der Waals surface area contributed by atoms with Crippen molar-refractivity contribution in [3.8, 4) is 0 Å². The molecule has 2 aliphatic rings. The molecule has 0 aromatic heterocycles. The van der Waals surface area contributed by atoms with Gasteiger partial charge in [-0.1, -0.05) is 6.42 Å². The second-order valence-electron chi connectivity index (χ2n) is 5.43. The third-order valence-corrected chi connectivity index (χ3v) is 4.71. The van der Waals surface area contributed by atoms with Crippen molar-refractivity contribution in [2.75, 3.05) is 38.7 Å². The molecule has 17 heavy (non-hydrogen) atoms. The van der Waals surface area contributed by atoms with Crippen molar-refractivity contribution in [3.05, 3.63) is 0 Å². The van der Waals surface area contributed by atoms with Crippen molar-refractivity contribution in [3.63, 3.8) is 0 Å². The molecule has 2 rings (SSSR count). The van der Waals surface area contributed by atoms with Gasteiger partial charge in [0.05, 0.1) is 0 Å². The van der Waals surface area contributed by atoms with Gasteiger partial charge in [-0.15, -0.1) is 0 Å². The van der Waals surface area contributed by atoms with Crippen LogP contribution in [-0.4, -0.2) is 60.4 Å². The van der Waals surface area contributed by atoms with Crippen LogP contribution in [0.25, 0.3) is 0 Å². The van der Waals surface area contributed by atoms with E-state index < -0.39 is 0 Å². The van der Waals surface area contributed by atoms with Crippen LogP contribution >= 0.6 is 11.8 Å². The Balaban J connectivity index is 1.98. The van der Waals surface area contributed by atoms with Crippen molar-refractivity contribution >= 4 is 17.7 Å². The summed E-state index contributed by atoms with van der Waals surface area (Å²) in [6.45, 7) is 3.13. The molecule has 4 heteroatoms. The molecule has 0 aromatic carbocycles. The lowest BCUT2D eigenvalue weighted by atomic mass is 9.99. The van der Waals surface area contributed by atoms with Crippen molar-refractivity contribution in [2.45, 2.75) is 31.7 Å². The predicted molar refractivity (Wildman–Crippen MR) is 73.3 cm³/mol. The Morgan fingerprint density at radius 3 is 2.88 bits per heavy atom. The van der Waals surface area contributed by atoms with E-state index in [4.69, 9.17) is 0 Å². The second kappa shape index (κ2) is 6.10. The number of amides is 1. The van der Waals surface area contributed by atoms with Crippen LogP contribution in [0, 0.1) is 5.92 Å². The molecule has 0 spiro atoms. The number of likely N-dealkylation sites (tertiary alicyclic amines) is 1. The van der Waals surface area contributed by atoms with Gasteiger partial charge in [0.15, 0.2) is 0 Å². The van der Waals surface area contributed by atoms with Crippen LogP contribution in [0.1, 0.15) is 25.7 Å². The first-order chi connectivity index (χ1) is 8.20. The molecule has 3 nitrogen and oxygen atoms in total. The fourth-order valence-corrected chi connectivity index (χ4v) is 3.46. The number of hydrogen-bond donors (Lipinski definition) is 0. The monoisotopic (exact) mass is 256 g/mol. The van der Waals surface area contributed by atoms with Gasteiger partial charge < -0.3 is 9.80 Å². The second-order valence-corrected chi connectivity index (χ2v) is 6.42. The first-order valence-electron chi connectivity index (χ1n) is 6.67. The van der Waals surface area contributed by atoms with Crippen LogP contribution in [0.4, 0.5) is 0 Å². The molecule has 0 aliphatic carbocycles. The zero-order chi connectivity index (χ0) is 12.3. The molecule has 2 saturated heterocycles. The number of carbonyl (C=O) groups excluding carboxylic acids is 1. The van der Waals surface area contributed by atoms with E-state index in [9.17, 15) is 4.79 Å². The molecule has 0 aromatic rings. The molecule has 0 saturated carbocycles. The predicted octanol–water partition coefficient (Wildman–Crippen LogP) is 1.68. The van der Waals surface area contributed by atoms with E-state index in [0.717, 1.165) is 18.8 Å². The standard InChI is InChI=1S/C13H24N2OS/c1-14-8-11-4-3-5-12(14)10-15(9-11)13(16)6-7-17-2/h11-12H,3-10H2,1-2H3/t11-,12-/m0/s1. The number of thioether (sulfide) groups is 1. The Morgan fingerprint density at radius 1 is 1.29 bits per heavy atom. The minimum Gasteiger partial charge on any atom is -0.341 e. The summed E-state index contributed by atoms with van der Waals surface area (Å²) in [5.74, 6) is 2.03. The van der Waals surface area contributed by atoms with Crippen molar-refractivity contribution < 1.29 is 4.79 Å². The van der Waals surface area contributed by atoms with Gasteiger partial charge in [0.2, 0.25) is 5.91 Å². The molecule has 2 aliphatic heterocycles. The van der Waals surface area contributed by atoms with E-state index in [1.54, 1.807) is 11.8 Å². The van der Waals surface area contributed by atoms with E-state index in [1.165, 1.54) is 25.8 Å². The highest BCUT2D eigenvalue weighted by atomic mass is 32.2. The Labute approximate surface area is 109 Å². The highest BCUT2D eigenvalue weighted by molar-refractivity contribution is 7.98. The van der Waals surface area contributed by atoms with Gasteiger partial charge >= 0.3 is 0 Å². The number of nitrogens with zero attached hydrogens (tertiary/aromatic N) is 2. The molecule has 2 atom stereocenters. The molecule has 1 amide bonds. The van der Waals surface area contributed by atoms with Crippen LogP contribution in [0.2, 0.25) is 0 Å². The summed E-state index contributed by atoms with van der Waals surface area (Å²) in [5.41, 5.74) is 0. The quantitative estimate of drug-likeness (QED) is 0.767. The maximum atomic E-state index is 12.1. The lowest BCUT2D eigenvalue weighted by molar-refractivity contribution is -0.131. The maximum absolute atomic E-state index is 12.1. The van der Waals surface area contributed by atoms with Crippen LogP contribution in [-0.2, 0) is 4.79 Å². The van der Waals surface area contributed by atoms with Gasteiger partial charge in [-0.25, -0.2) is 0 Å². The number of carbonyl (C=O) groups is 1. The van der Waals surface area contributed by atoms with Gasteiger partial charge in [-0.3, -0.25) is 4.79 Å². The molecular weight excluding hydrogens is 232 g/mol. The minimum atomic E-state index is 0.367. The smallest absolute Gasteiger partial charge is 0.223 e. The molecule has 98 valence electrons. The highest BCUT2D eigenvalue weighted by Crippen LogP contribution is 2.26. The van der Waals surface area contributed by atoms with Crippen LogP contribution in [0.5, 0.6) is 0 Å². The van der Waals surface area contributed by atoms with Crippen molar-refractivity contribution in [1.82, 2.24) is 9.80 Å². The topological polar surface area (TPSA) is 23.6 Å². The van der Waals surface area contributed by atoms with E-state index in [1.807, 2.05) is 0 Å². The lowest BCUT2D eigenvalue weighted by Gasteiger charge is -2.29. The summed E-state index contributed by atoms with van der Waals surface area (Å²) < 4.78 is 0. The SMILES string of the molecule is CSCCC(=O)N1C[C@H]2CCC[C@@H](C1)N(C)C2. The Morgan fingerprint density at radius 2 is 2.12 bits per heavy atom. The van der Waals surface area contributed by atoms with E-state index in [2.05, 4.69) is 23.1 Å².